The lowest BCUT2D eigenvalue weighted by molar-refractivity contribution is 0.585. The third-order valence-corrected chi connectivity index (χ3v) is 4.86. The fourth-order valence-electron chi connectivity index (χ4n) is 2.35. The zero-order valence-corrected chi connectivity index (χ0v) is 18.8. The van der Waals surface area contributed by atoms with Crippen LogP contribution < -0.4 is 16.2 Å². The van der Waals surface area contributed by atoms with Gasteiger partial charge in [0, 0.05) is 36.8 Å². The van der Waals surface area contributed by atoms with E-state index in [2.05, 4.69) is 34.5 Å². The molecule has 0 saturated heterocycles. The summed E-state index contributed by atoms with van der Waals surface area (Å²) in [5.74, 6) is 0.810. The van der Waals surface area contributed by atoms with Gasteiger partial charge in [0.2, 0.25) is 5.56 Å². The molecule has 2 rings (SSSR count). The quantitative estimate of drug-likeness (QED) is 0.259. The number of hydrogen-bond acceptors (Lipinski definition) is 4. The van der Waals surface area contributed by atoms with Gasteiger partial charge in [0.1, 0.15) is 5.01 Å². The Morgan fingerprint density at radius 2 is 2.08 bits per heavy atom. The molecule has 2 aromatic rings. The van der Waals surface area contributed by atoms with E-state index in [9.17, 15) is 4.79 Å². The van der Waals surface area contributed by atoms with Crippen LogP contribution in [0.4, 0.5) is 0 Å². The van der Waals surface area contributed by atoms with E-state index in [0.717, 1.165) is 49.1 Å². The van der Waals surface area contributed by atoms with E-state index in [4.69, 9.17) is 0 Å². The van der Waals surface area contributed by atoms with Crippen LogP contribution in [0, 0.1) is 13.8 Å². The van der Waals surface area contributed by atoms with Crippen LogP contribution in [-0.2, 0) is 13.1 Å². The third kappa shape index (κ3) is 7.45. The van der Waals surface area contributed by atoms with E-state index in [-0.39, 0.29) is 29.5 Å². The Bertz CT molecular complexity index is 737. The van der Waals surface area contributed by atoms with Crippen molar-refractivity contribution in [2.45, 2.75) is 46.7 Å². The lowest BCUT2D eigenvalue weighted by Crippen LogP contribution is -2.37. The molecule has 0 aliphatic rings. The van der Waals surface area contributed by atoms with Gasteiger partial charge in [-0.05, 0) is 39.7 Å². The van der Waals surface area contributed by atoms with Crippen LogP contribution in [0.15, 0.2) is 34.2 Å². The summed E-state index contributed by atoms with van der Waals surface area (Å²) in [5.41, 5.74) is 1.14. The van der Waals surface area contributed by atoms with Crippen molar-refractivity contribution in [3.63, 3.8) is 0 Å². The number of thiazole rings is 1. The van der Waals surface area contributed by atoms with Crippen molar-refractivity contribution < 1.29 is 0 Å². The standard InChI is InChI=1S/C18H27N5OS.HI/c1-4-19-18(21-13-16-22-14(2)15(3)25-16)20-10-6-8-12-23-11-7-5-9-17(23)24;/h5,7,9,11H,4,6,8,10,12-13H2,1-3H3,(H2,19,20,21);1H. The number of rotatable bonds is 8. The van der Waals surface area contributed by atoms with Gasteiger partial charge in [0.05, 0.1) is 12.2 Å². The number of aliphatic imine (C=N–C) groups is 1. The maximum absolute atomic E-state index is 11.6. The molecule has 0 aliphatic carbocycles. The highest BCUT2D eigenvalue weighted by atomic mass is 127. The number of nitrogens with zero attached hydrogens (tertiary/aromatic N) is 3. The second kappa shape index (κ2) is 12.1. The number of nitrogens with one attached hydrogen (secondary N) is 2. The van der Waals surface area contributed by atoms with Crippen molar-refractivity contribution in [2.75, 3.05) is 13.1 Å². The Kier molecular flexibility index (Phi) is 10.5. The van der Waals surface area contributed by atoms with Crippen LogP contribution in [0.25, 0.3) is 0 Å². The zero-order chi connectivity index (χ0) is 18.1. The molecule has 0 amide bonds. The summed E-state index contributed by atoms with van der Waals surface area (Å²) >= 11 is 1.70. The highest BCUT2D eigenvalue weighted by Crippen LogP contribution is 2.16. The average Bonchev–Trinajstić information content (AvgIpc) is 2.92. The second-order valence-corrected chi connectivity index (χ2v) is 7.10. The lowest BCUT2D eigenvalue weighted by atomic mass is 10.3. The van der Waals surface area contributed by atoms with Gasteiger partial charge in [0.25, 0.3) is 0 Å². The molecule has 0 atom stereocenters. The number of unbranched alkanes of at least 4 members (excludes halogenated alkanes) is 1. The van der Waals surface area contributed by atoms with Crippen molar-refractivity contribution in [1.29, 1.82) is 0 Å². The molecule has 0 saturated carbocycles. The highest BCUT2D eigenvalue weighted by molar-refractivity contribution is 14.0. The van der Waals surface area contributed by atoms with Gasteiger partial charge in [-0.2, -0.15) is 0 Å². The first-order chi connectivity index (χ1) is 12.1. The normalized spacial score (nSPS) is 11.1. The predicted molar refractivity (Wildman–Crippen MR) is 120 cm³/mol. The van der Waals surface area contributed by atoms with Gasteiger partial charge in [-0.3, -0.25) is 4.79 Å². The largest absolute Gasteiger partial charge is 0.357 e. The summed E-state index contributed by atoms with van der Waals surface area (Å²) in [6.07, 6.45) is 3.75. The van der Waals surface area contributed by atoms with Crippen LogP contribution in [0.3, 0.4) is 0 Å². The summed E-state index contributed by atoms with van der Waals surface area (Å²) in [7, 11) is 0. The van der Waals surface area contributed by atoms with Crippen molar-refractivity contribution in [2.24, 2.45) is 4.99 Å². The molecule has 0 radical (unpaired) electrons. The number of aryl methyl sites for hydroxylation is 3. The van der Waals surface area contributed by atoms with Crippen LogP contribution in [0.1, 0.15) is 35.3 Å². The number of hydrogen-bond donors (Lipinski definition) is 2. The first kappa shape index (κ1) is 22.6. The molecule has 0 fully saturated rings. The first-order valence-electron chi connectivity index (χ1n) is 8.70. The smallest absolute Gasteiger partial charge is 0.250 e. The number of pyridine rings is 1. The van der Waals surface area contributed by atoms with E-state index in [0.29, 0.717) is 6.54 Å². The molecule has 6 nitrogen and oxygen atoms in total. The Hall–Kier alpha value is -1.42. The Balaban J connectivity index is 0.00000338. The molecule has 0 unspecified atom stereocenters. The Morgan fingerprint density at radius 1 is 1.27 bits per heavy atom. The highest BCUT2D eigenvalue weighted by Gasteiger charge is 2.03. The minimum absolute atomic E-state index is 0. The van der Waals surface area contributed by atoms with E-state index in [1.807, 2.05) is 19.2 Å². The summed E-state index contributed by atoms with van der Waals surface area (Å²) in [6.45, 7) is 9.14. The average molecular weight is 489 g/mol. The summed E-state index contributed by atoms with van der Waals surface area (Å²) in [6, 6.07) is 5.25. The van der Waals surface area contributed by atoms with Gasteiger partial charge in [-0.1, -0.05) is 6.07 Å². The Morgan fingerprint density at radius 3 is 2.73 bits per heavy atom. The molecular weight excluding hydrogens is 461 g/mol. The topological polar surface area (TPSA) is 71.3 Å². The fourth-order valence-corrected chi connectivity index (χ4v) is 3.21. The van der Waals surface area contributed by atoms with Gasteiger partial charge < -0.3 is 15.2 Å². The second-order valence-electron chi connectivity index (χ2n) is 5.81. The van der Waals surface area contributed by atoms with Crippen molar-refractivity contribution >= 4 is 41.3 Å². The number of halogens is 1. The fraction of sp³-hybridized carbons (Fsp3) is 0.500. The number of aromatic nitrogens is 2. The van der Waals surface area contributed by atoms with E-state index in [1.165, 1.54) is 4.88 Å². The molecule has 26 heavy (non-hydrogen) atoms. The maximum Gasteiger partial charge on any atom is 0.250 e. The number of guanidine groups is 1. The van der Waals surface area contributed by atoms with Crippen LogP contribution in [-0.4, -0.2) is 28.6 Å². The molecule has 2 heterocycles. The van der Waals surface area contributed by atoms with Crippen LogP contribution in [0.5, 0.6) is 0 Å². The maximum atomic E-state index is 11.6. The summed E-state index contributed by atoms with van der Waals surface area (Å²) in [5, 5.41) is 7.63. The Labute approximate surface area is 176 Å². The zero-order valence-electron chi connectivity index (χ0n) is 15.6. The minimum atomic E-state index is 0. The van der Waals surface area contributed by atoms with Gasteiger partial charge in [-0.25, -0.2) is 9.98 Å². The molecule has 2 aromatic heterocycles. The molecule has 144 valence electrons. The summed E-state index contributed by atoms with van der Waals surface area (Å²) < 4.78 is 1.74. The minimum Gasteiger partial charge on any atom is -0.357 e. The molecule has 0 spiro atoms. The van der Waals surface area contributed by atoms with Crippen molar-refractivity contribution in [3.05, 3.63) is 50.3 Å². The first-order valence-corrected chi connectivity index (χ1v) is 9.52. The molecule has 0 aliphatic heterocycles. The van der Waals surface area contributed by atoms with Crippen LogP contribution in [0.2, 0.25) is 0 Å². The summed E-state index contributed by atoms with van der Waals surface area (Å²) in [4.78, 5) is 22.0. The van der Waals surface area contributed by atoms with Crippen LogP contribution >= 0.6 is 35.3 Å². The third-order valence-electron chi connectivity index (χ3n) is 3.81. The lowest BCUT2D eigenvalue weighted by Gasteiger charge is -2.11. The van der Waals surface area contributed by atoms with E-state index >= 15 is 0 Å². The molecular formula is C18H28IN5OS. The van der Waals surface area contributed by atoms with Gasteiger partial charge in [0.15, 0.2) is 5.96 Å². The van der Waals surface area contributed by atoms with Gasteiger partial charge >= 0.3 is 0 Å². The molecule has 0 aromatic carbocycles. The monoisotopic (exact) mass is 489 g/mol. The SMILES string of the molecule is CCNC(=NCc1nc(C)c(C)s1)NCCCCn1ccccc1=O.I. The van der Waals surface area contributed by atoms with Gasteiger partial charge in [-0.15, -0.1) is 35.3 Å². The van der Waals surface area contributed by atoms with Crippen molar-refractivity contribution in [1.82, 2.24) is 20.2 Å². The molecule has 8 heteroatoms. The van der Waals surface area contributed by atoms with E-state index < -0.39 is 0 Å². The molecule has 2 N–H and O–H groups in total. The van der Waals surface area contributed by atoms with E-state index in [1.54, 1.807) is 28.0 Å². The molecule has 0 bridgehead atoms. The van der Waals surface area contributed by atoms with Crippen molar-refractivity contribution in [3.8, 4) is 0 Å². The predicted octanol–water partition coefficient (Wildman–Crippen LogP) is 3.08.